The Hall–Kier alpha value is -1.76. The second kappa shape index (κ2) is 17.4. The van der Waals surface area contributed by atoms with Crippen molar-refractivity contribution in [1.82, 2.24) is 10.9 Å². The van der Waals surface area contributed by atoms with E-state index >= 15 is 0 Å². The van der Waals surface area contributed by atoms with Gasteiger partial charge in [0, 0.05) is 0 Å². The molecule has 0 bridgehead atoms. The molecule has 0 atom stereocenters. The predicted octanol–water partition coefficient (Wildman–Crippen LogP) is -4.00. The van der Waals surface area contributed by atoms with Gasteiger partial charge in [0.05, 0.1) is 23.3 Å². The quantitative estimate of drug-likeness (QED) is 0.206. The van der Waals surface area contributed by atoms with E-state index in [1.165, 1.54) is 0 Å². The molecule has 86 valence electrons. The average molecular weight is 216 g/mol. The second-order valence-corrected chi connectivity index (χ2v) is 1.45. The van der Waals surface area contributed by atoms with Crippen molar-refractivity contribution in [2.45, 2.75) is 0 Å². The summed E-state index contributed by atoms with van der Waals surface area (Å²) >= 11 is 0. The van der Waals surface area contributed by atoms with E-state index in [0.29, 0.717) is 0 Å². The Bertz CT molecular complexity index is 116. The number of hydrogen-bond acceptors (Lipinski definition) is 8. The normalized spacial score (nSPS) is 7.29. The molecule has 0 aromatic carbocycles. The van der Waals surface area contributed by atoms with Crippen molar-refractivity contribution < 1.29 is 21.9 Å². The Morgan fingerprint density at radius 3 is 1.07 bits per heavy atom. The van der Waals surface area contributed by atoms with Crippen LogP contribution in [-0.2, 0) is 0 Å². The molecule has 12 heteroatoms. The van der Waals surface area contributed by atoms with Crippen molar-refractivity contribution in [1.29, 1.82) is 0 Å². The minimum atomic E-state index is -1.75. The summed E-state index contributed by atoms with van der Waals surface area (Å²) in [7, 11) is 0. The molecule has 12 nitrogen and oxygen atoms in total. The molecule has 0 aromatic rings. The Balaban J connectivity index is -0.000000135. The molecule has 0 amide bonds. The summed E-state index contributed by atoms with van der Waals surface area (Å²) < 4.78 is 0. The summed E-state index contributed by atoms with van der Waals surface area (Å²) in [5.41, 5.74) is 5.43. The molecule has 0 heterocycles. The zero-order valence-electron chi connectivity index (χ0n) is 7.17. The molecule has 8 N–H and O–H groups in total. The van der Waals surface area contributed by atoms with Crippen LogP contribution in [0.1, 0.15) is 0 Å². The van der Waals surface area contributed by atoms with Gasteiger partial charge in [0.1, 0.15) is 0 Å². The van der Waals surface area contributed by atoms with Gasteiger partial charge in [0.15, 0.2) is 0 Å². The maximum Gasteiger partial charge on any atom is 0.0689 e. The van der Waals surface area contributed by atoms with Crippen molar-refractivity contribution in [2.75, 3.05) is 13.1 Å². The first-order valence-corrected chi connectivity index (χ1v) is 3.01. The molecule has 0 aliphatic carbocycles. The first-order valence-electron chi connectivity index (χ1n) is 3.01. The summed E-state index contributed by atoms with van der Waals surface area (Å²) in [4.78, 5) is 16.5. The lowest BCUT2D eigenvalue weighted by Gasteiger charge is -1.87. The maximum absolute atomic E-state index is 8.25. The third-order valence-electron chi connectivity index (χ3n) is 0.479. The van der Waals surface area contributed by atoms with Gasteiger partial charge in [-0.05, 0) is 0 Å². The minimum Gasteiger partial charge on any atom is -0.356 e. The van der Waals surface area contributed by atoms with Crippen LogP contribution in [-0.4, -0.2) is 23.3 Å². The van der Waals surface area contributed by atoms with Crippen molar-refractivity contribution in [3.63, 3.8) is 0 Å². The molecule has 14 heavy (non-hydrogen) atoms. The molecule has 0 saturated heterocycles. The van der Waals surface area contributed by atoms with E-state index in [-0.39, 0.29) is 0 Å². The van der Waals surface area contributed by atoms with E-state index in [2.05, 4.69) is 22.5 Å². The average Bonchev–Trinajstić information content (AvgIpc) is 1.98. The van der Waals surface area contributed by atoms with E-state index in [1.54, 1.807) is 0 Å². The number of rotatable bonds is 3. The fourth-order valence-corrected chi connectivity index (χ4v) is 0.177. The summed E-state index contributed by atoms with van der Waals surface area (Å²) in [6, 6.07) is 0. The van der Waals surface area contributed by atoms with Gasteiger partial charge < -0.3 is 30.6 Å². The second-order valence-electron chi connectivity index (χ2n) is 1.45. The maximum atomic E-state index is 8.25. The van der Waals surface area contributed by atoms with Crippen LogP contribution in [0.3, 0.4) is 0 Å². The topological polar surface area (TPSA) is 212 Å². The highest BCUT2D eigenvalue weighted by Crippen LogP contribution is 1.44. The summed E-state index contributed by atoms with van der Waals surface area (Å²) in [6.07, 6.45) is 0. The zero-order valence-corrected chi connectivity index (χ0v) is 7.17. The van der Waals surface area contributed by atoms with Gasteiger partial charge in [-0.25, -0.2) is 0 Å². The molecule has 0 fully saturated rings. The highest BCUT2D eigenvalue weighted by molar-refractivity contribution is 4.29. The van der Waals surface area contributed by atoms with Crippen molar-refractivity contribution in [3.8, 4) is 0 Å². The Labute approximate surface area is 77.6 Å². The van der Waals surface area contributed by atoms with Gasteiger partial charge in [0.2, 0.25) is 0 Å². The molecule has 0 spiro atoms. The molecular weight excluding hydrogens is 204 g/mol. The third-order valence-corrected chi connectivity index (χ3v) is 0.479. The summed E-state index contributed by atoms with van der Waals surface area (Å²) in [5.74, 6) is 6.81. The Morgan fingerprint density at radius 2 is 1.00 bits per heavy atom. The van der Waals surface area contributed by atoms with Gasteiger partial charge in [-0.3, -0.25) is 11.7 Å². The standard InChI is InChI=1S/C2H10N4.2NO3/c3-5-1-2-6-4;2*2-1(3)4/h5-6H,1-4H2;;/q;2*-1/p+2. The molecule has 0 aromatic heterocycles. The molecule has 0 unspecified atom stereocenters. The van der Waals surface area contributed by atoms with E-state index in [0.717, 1.165) is 13.1 Å². The number of nitrogens with zero attached hydrogens (tertiary/aromatic N) is 2. The highest BCUT2D eigenvalue weighted by atomic mass is 16.9. The summed E-state index contributed by atoms with van der Waals surface area (Å²) in [5, 5.41) is 29.5. The minimum absolute atomic E-state index is 0.878. The Morgan fingerprint density at radius 1 is 0.857 bits per heavy atom. The van der Waals surface area contributed by atoms with Gasteiger partial charge in [-0.1, -0.05) is 0 Å². The molecule has 0 aliphatic rings. The number of hydrogen-bond donors (Lipinski definition) is 4. The van der Waals surface area contributed by atoms with E-state index in [9.17, 15) is 0 Å². The van der Waals surface area contributed by atoms with Crippen LogP contribution in [0.4, 0.5) is 0 Å². The van der Waals surface area contributed by atoms with Gasteiger partial charge >= 0.3 is 0 Å². The number of quaternary nitrogens is 2. The molecule has 0 saturated carbocycles. The van der Waals surface area contributed by atoms with Crippen molar-refractivity contribution in [2.24, 2.45) is 0 Å². The third kappa shape index (κ3) is 569. The van der Waals surface area contributed by atoms with E-state index in [4.69, 9.17) is 30.6 Å². The van der Waals surface area contributed by atoms with Crippen LogP contribution in [0, 0.1) is 30.6 Å². The lowest BCUT2D eigenvalue weighted by atomic mass is 10.7. The molecule has 0 radical (unpaired) electrons. The lowest BCUT2D eigenvalue weighted by molar-refractivity contribution is -0.459. The Kier molecular flexibility index (Phi) is 22.5. The van der Waals surface area contributed by atoms with Crippen LogP contribution in [0.15, 0.2) is 0 Å². The predicted molar refractivity (Wildman–Crippen MR) is 42.5 cm³/mol. The molecular formula is C2H12N6O6. The van der Waals surface area contributed by atoms with E-state index in [1.807, 2.05) is 0 Å². The van der Waals surface area contributed by atoms with Crippen LogP contribution in [0.25, 0.3) is 0 Å². The summed E-state index contributed by atoms with van der Waals surface area (Å²) in [6.45, 7) is 1.76. The SMILES string of the molecule is O=[N+]([O-])[O-].O=[N+]([O-])[O-].[NH3+]NCCN[NH3+]. The van der Waals surface area contributed by atoms with E-state index < -0.39 is 10.2 Å². The van der Waals surface area contributed by atoms with Crippen LogP contribution < -0.4 is 22.5 Å². The van der Waals surface area contributed by atoms with Gasteiger partial charge in [0.25, 0.3) is 0 Å². The smallest absolute Gasteiger partial charge is 0.0689 e. The van der Waals surface area contributed by atoms with Crippen molar-refractivity contribution >= 4 is 0 Å². The fourth-order valence-electron chi connectivity index (χ4n) is 0.177. The largest absolute Gasteiger partial charge is 0.356 e. The van der Waals surface area contributed by atoms with Crippen molar-refractivity contribution in [3.05, 3.63) is 30.6 Å². The zero-order chi connectivity index (χ0) is 12.0. The first-order chi connectivity index (χ1) is 6.38. The first kappa shape index (κ1) is 18.1. The van der Waals surface area contributed by atoms with Crippen LogP contribution in [0.5, 0.6) is 0 Å². The molecule has 0 aliphatic heterocycles. The highest BCUT2D eigenvalue weighted by Gasteiger charge is 1.76. The van der Waals surface area contributed by atoms with Crippen LogP contribution in [0.2, 0.25) is 0 Å². The van der Waals surface area contributed by atoms with Gasteiger partial charge in [-0.2, -0.15) is 10.9 Å². The monoisotopic (exact) mass is 216 g/mol. The van der Waals surface area contributed by atoms with Crippen LogP contribution >= 0.6 is 0 Å². The number of nitrogens with one attached hydrogen (secondary N) is 2. The lowest BCUT2D eigenvalue weighted by Crippen LogP contribution is -2.70. The molecule has 0 rings (SSSR count). The fraction of sp³-hybridized carbons (Fsp3) is 1.00. The van der Waals surface area contributed by atoms with Gasteiger partial charge in [-0.15, -0.1) is 0 Å².